The molecule has 5 nitrogen and oxygen atoms in total. The van der Waals surface area contributed by atoms with Crippen molar-refractivity contribution in [2.24, 2.45) is 5.92 Å². The van der Waals surface area contributed by atoms with Gasteiger partial charge in [-0.05, 0) is 88.3 Å². The molecule has 5 heteroatoms. The monoisotopic (exact) mass is 431 g/mol. The lowest BCUT2D eigenvalue weighted by Crippen LogP contribution is -2.35. The highest BCUT2D eigenvalue weighted by atomic mass is 15.2. The quantitative estimate of drug-likeness (QED) is 0.524. The van der Waals surface area contributed by atoms with Gasteiger partial charge in [-0.1, -0.05) is 25.1 Å². The molecule has 0 N–H and O–H groups in total. The zero-order valence-electron chi connectivity index (χ0n) is 19.7. The number of piperidine rings is 1. The fourth-order valence-corrected chi connectivity index (χ4v) is 5.88. The number of nitrogens with zero attached hydrogens (tertiary/aromatic N) is 5. The van der Waals surface area contributed by atoms with Crippen molar-refractivity contribution in [3.63, 3.8) is 0 Å². The maximum absolute atomic E-state index is 5.16. The van der Waals surface area contributed by atoms with Gasteiger partial charge < -0.3 is 9.47 Å². The number of aromatic nitrogens is 3. The van der Waals surface area contributed by atoms with Crippen LogP contribution >= 0.6 is 0 Å². The molecule has 2 aliphatic rings. The first-order valence-corrected chi connectivity index (χ1v) is 12.5. The van der Waals surface area contributed by atoms with E-state index < -0.39 is 0 Å². The number of rotatable bonds is 7. The van der Waals surface area contributed by atoms with Crippen LogP contribution in [0, 0.1) is 5.92 Å². The van der Waals surface area contributed by atoms with E-state index in [-0.39, 0.29) is 0 Å². The first-order valence-electron chi connectivity index (χ1n) is 12.5. The lowest BCUT2D eigenvalue weighted by atomic mass is 9.90. The minimum Gasteiger partial charge on any atom is -0.327 e. The standard InChI is InChI=1S/C27H37N5/c1-3-16-31(25-14-6-10-22-11-7-15-28-27(22)25)20-26-29-23-12-4-5-13-24(23)32(26)19-21-9-8-17-30(2)18-21/h4-5,7,11-13,15,21,25H,3,6,8-10,14,16-20H2,1-2H3/t21-,25-/m0/s1. The molecule has 3 aromatic rings. The van der Waals surface area contributed by atoms with Gasteiger partial charge in [0, 0.05) is 19.3 Å². The number of fused-ring (bicyclic) bond motifs is 2. The second-order valence-electron chi connectivity index (χ2n) is 9.82. The van der Waals surface area contributed by atoms with E-state index in [1.54, 1.807) is 0 Å². The van der Waals surface area contributed by atoms with Gasteiger partial charge in [-0.15, -0.1) is 0 Å². The molecule has 5 rings (SSSR count). The van der Waals surface area contributed by atoms with Gasteiger partial charge >= 0.3 is 0 Å². The number of hydrogen-bond acceptors (Lipinski definition) is 4. The molecule has 1 aliphatic carbocycles. The van der Waals surface area contributed by atoms with Crippen LogP contribution in [0.5, 0.6) is 0 Å². The molecule has 32 heavy (non-hydrogen) atoms. The summed E-state index contributed by atoms with van der Waals surface area (Å²) in [5, 5.41) is 0. The molecule has 1 fully saturated rings. The summed E-state index contributed by atoms with van der Waals surface area (Å²) in [6.45, 7) is 7.74. The zero-order chi connectivity index (χ0) is 21.9. The summed E-state index contributed by atoms with van der Waals surface area (Å²) >= 11 is 0. The first-order chi connectivity index (χ1) is 15.7. The van der Waals surface area contributed by atoms with E-state index in [4.69, 9.17) is 9.97 Å². The van der Waals surface area contributed by atoms with Crippen molar-refractivity contribution in [1.82, 2.24) is 24.3 Å². The second kappa shape index (κ2) is 9.72. The molecule has 3 heterocycles. The van der Waals surface area contributed by atoms with Gasteiger partial charge in [-0.25, -0.2) is 4.98 Å². The minimum atomic E-state index is 0.397. The van der Waals surface area contributed by atoms with Crippen LogP contribution in [0.1, 0.15) is 62.2 Å². The van der Waals surface area contributed by atoms with Gasteiger partial charge in [0.05, 0.1) is 29.3 Å². The Hall–Kier alpha value is -2.24. The second-order valence-corrected chi connectivity index (χ2v) is 9.82. The van der Waals surface area contributed by atoms with Crippen molar-refractivity contribution in [1.29, 1.82) is 0 Å². The third kappa shape index (κ3) is 4.46. The van der Waals surface area contributed by atoms with Crippen LogP contribution < -0.4 is 0 Å². The van der Waals surface area contributed by atoms with Gasteiger partial charge in [0.1, 0.15) is 5.82 Å². The minimum absolute atomic E-state index is 0.397. The average molecular weight is 432 g/mol. The number of para-hydroxylation sites is 2. The molecule has 0 spiro atoms. The van der Waals surface area contributed by atoms with E-state index >= 15 is 0 Å². The van der Waals surface area contributed by atoms with Gasteiger partial charge in [-0.3, -0.25) is 9.88 Å². The Balaban J connectivity index is 1.47. The topological polar surface area (TPSA) is 37.2 Å². The molecule has 170 valence electrons. The summed E-state index contributed by atoms with van der Waals surface area (Å²) in [5.74, 6) is 1.91. The van der Waals surface area contributed by atoms with Crippen LogP contribution in [-0.4, -0.2) is 51.0 Å². The summed E-state index contributed by atoms with van der Waals surface area (Å²) in [6, 6.07) is 13.4. The van der Waals surface area contributed by atoms with Crippen LogP contribution in [0.25, 0.3) is 11.0 Å². The number of hydrogen-bond donors (Lipinski definition) is 0. The van der Waals surface area contributed by atoms with Gasteiger partial charge in [0.15, 0.2) is 0 Å². The smallest absolute Gasteiger partial charge is 0.124 e. The molecular weight excluding hydrogens is 394 g/mol. The largest absolute Gasteiger partial charge is 0.327 e. The molecule has 0 radical (unpaired) electrons. The lowest BCUT2D eigenvalue weighted by Gasteiger charge is -2.35. The summed E-state index contributed by atoms with van der Waals surface area (Å²) in [4.78, 5) is 15.1. The molecule has 0 amide bonds. The van der Waals surface area contributed by atoms with Gasteiger partial charge in [0.25, 0.3) is 0 Å². The lowest BCUT2D eigenvalue weighted by molar-refractivity contribution is 0.156. The number of pyridine rings is 1. The Morgan fingerprint density at radius 3 is 2.88 bits per heavy atom. The Bertz CT molecular complexity index is 1040. The van der Waals surface area contributed by atoms with E-state index in [0.29, 0.717) is 12.0 Å². The predicted molar refractivity (Wildman–Crippen MR) is 131 cm³/mol. The number of benzene rings is 1. The van der Waals surface area contributed by atoms with Crippen molar-refractivity contribution in [3.8, 4) is 0 Å². The van der Waals surface area contributed by atoms with Crippen LogP contribution in [0.3, 0.4) is 0 Å². The van der Waals surface area contributed by atoms with Crippen molar-refractivity contribution < 1.29 is 0 Å². The average Bonchev–Trinajstić information content (AvgIpc) is 3.15. The zero-order valence-corrected chi connectivity index (χ0v) is 19.7. The Morgan fingerprint density at radius 2 is 2.00 bits per heavy atom. The molecule has 0 bridgehead atoms. The summed E-state index contributed by atoms with van der Waals surface area (Å²) in [7, 11) is 2.26. The van der Waals surface area contributed by atoms with Crippen molar-refractivity contribution in [3.05, 3.63) is 59.7 Å². The highest BCUT2D eigenvalue weighted by Gasteiger charge is 2.28. The molecular formula is C27H37N5. The Kier molecular flexibility index (Phi) is 6.56. The van der Waals surface area contributed by atoms with Crippen LogP contribution in [0.15, 0.2) is 42.6 Å². The highest BCUT2D eigenvalue weighted by molar-refractivity contribution is 5.75. The SMILES string of the molecule is CCCN(Cc1nc2ccccc2n1C[C@H]1CCCN(C)C1)[C@H]1CCCc2cccnc21. The maximum atomic E-state index is 5.16. The Morgan fingerprint density at radius 1 is 1.09 bits per heavy atom. The third-order valence-electron chi connectivity index (χ3n) is 7.36. The molecule has 2 atom stereocenters. The normalized spacial score (nSPS) is 21.8. The fraction of sp³-hybridized carbons (Fsp3) is 0.556. The number of aryl methyl sites for hydroxylation is 1. The summed E-state index contributed by atoms with van der Waals surface area (Å²) < 4.78 is 2.53. The van der Waals surface area contributed by atoms with Crippen LogP contribution in [-0.2, 0) is 19.5 Å². The van der Waals surface area contributed by atoms with E-state index in [2.05, 4.69) is 64.7 Å². The maximum Gasteiger partial charge on any atom is 0.124 e. The van der Waals surface area contributed by atoms with Gasteiger partial charge in [0.2, 0.25) is 0 Å². The van der Waals surface area contributed by atoms with E-state index in [1.165, 1.54) is 61.4 Å². The van der Waals surface area contributed by atoms with Crippen molar-refractivity contribution >= 4 is 11.0 Å². The number of likely N-dealkylation sites (tertiary alicyclic amines) is 1. The highest BCUT2D eigenvalue weighted by Crippen LogP contribution is 2.34. The molecule has 0 unspecified atom stereocenters. The number of imidazole rings is 1. The van der Waals surface area contributed by atoms with Crippen molar-refractivity contribution in [2.45, 2.75) is 64.6 Å². The first kappa shape index (κ1) is 21.6. The van der Waals surface area contributed by atoms with Crippen molar-refractivity contribution in [2.75, 3.05) is 26.7 Å². The van der Waals surface area contributed by atoms with E-state index in [9.17, 15) is 0 Å². The molecule has 1 aromatic carbocycles. The molecule has 1 saturated heterocycles. The Labute approximate surface area is 192 Å². The summed E-state index contributed by atoms with van der Waals surface area (Å²) in [6.07, 6.45) is 9.33. The molecule has 1 aliphatic heterocycles. The predicted octanol–water partition coefficient (Wildman–Crippen LogP) is 5.06. The van der Waals surface area contributed by atoms with E-state index in [1.807, 2.05) is 6.20 Å². The van der Waals surface area contributed by atoms with E-state index in [0.717, 1.165) is 38.0 Å². The summed E-state index contributed by atoms with van der Waals surface area (Å²) in [5.41, 5.74) is 5.15. The molecule has 2 aromatic heterocycles. The molecule has 0 saturated carbocycles. The van der Waals surface area contributed by atoms with Crippen LogP contribution in [0.2, 0.25) is 0 Å². The fourth-order valence-electron chi connectivity index (χ4n) is 5.88. The van der Waals surface area contributed by atoms with Crippen LogP contribution in [0.4, 0.5) is 0 Å². The third-order valence-corrected chi connectivity index (χ3v) is 7.36. The van der Waals surface area contributed by atoms with Gasteiger partial charge in [-0.2, -0.15) is 0 Å².